The quantitative estimate of drug-likeness (QED) is 0.703. The molecule has 5 heteroatoms. The monoisotopic (exact) mass is 242 g/mol. The van der Waals surface area contributed by atoms with Gasteiger partial charge < -0.3 is 9.64 Å². The Hall–Kier alpha value is -1.10. The van der Waals surface area contributed by atoms with Crippen molar-refractivity contribution in [2.75, 3.05) is 13.7 Å². The summed E-state index contributed by atoms with van der Waals surface area (Å²) in [5.74, 6) is -0.164. The number of carbonyl (C=O) groups excluding carboxylic acids is 2. The fourth-order valence-corrected chi connectivity index (χ4v) is 2.13. The molecule has 0 aliphatic carbocycles. The van der Waals surface area contributed by atoms with Gasteiger partial charge in [-0.2, -0.15) is 0 Å². The molecule has 1 heterocycles. The number of esters is 1. The molecule has 0 aromatic carbocycles. The Kier molecular flexibility index (Phi) is 5.41. The standard InChI is InChI=1S/C12H22N2O3/c1-4-6-10-13-9(5-2)12(16)14(10)8-7-11(15)17-3/h9-10,13H,4-8H2,1-3H3. The number of rotatable bonds is 6. The van der Waals surface area contributed by atoms with Crippen molar-refractivity contribution in [2.45, 2.75) is 51.7 Å². The van der Waals surface area contributed by atoms with Crippen molar-refractivity contribution < 1.29 is 14.3 Å². The van der Waals surface area contributed by atoms with Crippen molar-refractivity contribution in [1.82, 2.24) is 10.2 Å². The van der Waals surface area contributed by atoms with Crippen LogP contribution in [0.25, 0.3) is 0 Å². The molecule has 1 amide bonds. The summed E-state index contributed by atoms with van der Waals surface area (Å²) in [4.78, 5) is 24.9. The summed E-state index contributed by atoms with van der Waals surface area (Å²) in [6, 6.07) is -0.0933. The Balaban J connectivity index is 2.58. The van der Waals surface area contributed by atoms with Gasteiger partial charge in [-0.25, -0.2) is 0 Å². The lowest BCUT2D eigenvalue weighted by atomic mass is 10.2. The number of ether oxygens (including phenoxy) is 1. The highest BCUT2D eigenvalue weighted by molar-refractivity contribution is 5.84. The zero-order valence-electron chi connectivity index (χ0n) is 10.9. The van der Waals surface area contributed by atoms with E-state index < -0.39 is 0 Å². The van der Waals surface area contributed by atoms with Crippen molar-refractivity contribution in [1.29, 1.82) is 0 Å². The van der Waals surface area contributed by atoms with Crippen LogP contribution in [-0.4, -0.2) is 42.6 Å². The fraction of sp³-hybridized carbons (Fsp3) is 0.833. The first-order chi connectivity index (χ1) is 8.13. The van der Waals surface area contributed by atoms with E-state index in [1.54, 1.807) is 4.90 Å². The van der Waals surface area contributed by atoms with Gasteiger partial charge in [0.2, 0.25) is 5.91 Å². The summed E-state index contributed by atoms with van der Waals surface area (Å²) in [7, 11) is 1.37. The van der Waals surface area contributed by atoms with Gasteiger partial charge in [-0.15, -0.1) is 0 Å². The lowest BCUT2D eigenvalue weighted by molar-refractivity contribution is -0.141. The Morgan fingerprint density at radius 2 is 2.18 bits per heavy atom. The van der Waals surface area contributed by atoms with Gasteiger partial charge in [0.15, 0.2) is 0 Å². The van der Waals surface area contributed by atoms with Crippen molar-refractivity contribution in [2.24, 2.45) is 0 Å². The first-order valence-corrected chi connectivity index (χ1v) is 6.27. The molecular formula is C12H22N2O3. The molecule has 5 nitrogen and oxygen atoms in total. The smallest absolute Gasteiger partial charge is 0.307 e. The molecular weight excluding hydrogens is 220 g/mol. The highest BCUT2D eigenvalue weighted by atomic mass is 16.5. The van der Waals surface area contributed by atoms with E-state index in [1.165, 1.54) is 7.11 Å². The maximum atomic E-state index is 12.0. The first-order valence-electron chi connectivity index (χ1n) is 6.27. The average molecular weight is 242 g/mol. The van der Waals surface area contributed by atoms with E-state index in [0.717, 1.165) is 19.3 Å². The lowest BCUT2D eigenvalue weighted by Gasteiger charge is -2.23. The zero-order chi connectivity index (χ0) is 12.8. The van der Waals surface area contributed by atoms with Gasteiger partial charge in [0.25, 0.3) is 0 Å². The third-order valence-electron chi connectivity index (χ3n) is 3.11. The van der Waals surface area contributed by atoms with Gasteiger partial charge >= 0.3 is 5.97 Å². The topological polar surface area (TPSA) is 58.6 Å². The molecule has 0 aromatic rings. The fourth-order valence-electron chi connectivity index (χ4n) is 2.13. The van der Waals surface area contributed by atoms with Crippen LogP contribution in [0.2, 0.25) is 0 Å². The van der Waals surface area contributed by atoms with Gasteiger partial charge in [-0.3, -0.25) is 14.9 Å². The van der Waals surface area contributed by atoms with Crippen LogP contribution in [0.3, 0.4) is 0 Å². The van der Waals surface area contributed by atoms with Crippen LogP contribution in [0.1, 0.15) is 39.5 Å². The van der Waals surface area contributed by atoms with E-state index in [0.29, 0.717) is 6.54 Å². The van der Waals surface area contributed by atoms with Gasteiger partial charge in [-0.1, -0.05) is 20.3 Å². The second-order valence-electron chi connectivity index (χ2n) is 4.29. The summed E-state index contributed by atoms with van der Waals surface area (Å²) in [6.07, 6.45) is 3.05. The van der Waals surface area contributed by atoms with E-state index in [-0.39, 0.29) is 30.5 Å². The molecule has 98 valence electrons. The maximum Gasteiger partial charge on any atom is 0.307 e. The molecule has 0 bridgehead atoms. The summed E-state index contributed by atoms with van der Waals surface area (Å²) in [5.41, 5.74) is 0. The van der Waals surface area contributed by atoms with Crippen molar-refractivity contribution in [3.8, 4) is 0 Å². The molecule has 17 heavy (non-hydrogen) atoms. The van der Waals surface area contributed by atoms with Crippen LogP contribution >= 0.6 is 0 Å². The molecule has 0 radical (unpaired) electrons. The molecule has 1 rings (SSSR count). The molecule has 1 N–H and O–H groups in total. The molecule has 0 spiro atoms. The number of methoxy groups -OCH3 is 1. The molecule has 1 aliphatic rings. The van der Waals surface area contributed by atoms with Gasteiger partial charge in [0.05, 0.1) is 25.7 Å². The molecule has 2 unspecified atom stereocenters. The summed E-state index contributed by atoms with van der Waals surface area (Å²) in [6.45, 7) is 4.52. The highest BCUT2D eigenvalue weighted by Crippen LogP contribution is 2.17. The Morgan fingerprint density at radius 3 is 2.71 bits per heavy atom. The molecule has 1 aliphatic heterocycles. The molecule has 1 fully saturated rings. The summed E-state index contributed by atoms with van der Waals surface area (Å²) in [5, 5.41) is 3.31. The third kappa shape index (κ3) is 3.43. The minimum atomic E-state index is -0.270. The number of hydrogen-bond donors (Lipinski definition) is 1. The Labute approximate surface area is 102 Å². The second-order valence-corrected chi connectivity index (χ2v) is 4.29. The number of carbonyl (C=O) groups is 2. The minimum absolute atomic E-state index is 0.0714. The highest BCUT2D eigenvalue weighted by Gasteiger charge is 2.36. The van der Waals surface area contributed by atoms with E-state index in [4.69, 9.17) is 0 Å². The van der Waals surface area contributed by atoms with E-state index in [9.17, 15) is 9.59 Å². The zero-order valence-corrected chi connectivity index (χ0v) is 10.9. The number of amides is 1. The van der Waals surface area contributed by atoms with Crippen LogP contribution in [0, 0.1) is 0 Å². The normalized spacial score (nSPS) is 24.2. The predicted molar refractivity (Wildman–Crippen MR) is 64.3 cm³/mol. The summed E-state index contributed by atoms with van der Waals surface area (Å²) < 4.78 is 4.60. The number of nitrogens with zero attached hydrogens (tertiary/aromatic N) is 1. The van der Waals surface area contributed by atoms with E-state index in [2.05, 4.69) is 17.0 Å². The third-order valence-corrected chi connectivity index (χ3v) is 3.11. The molecule has 0 aromatic heterocycles. The molecule has 0 saturated carbocycles. The Morgan fingerprint density at radius 1 is 1.47 bits per heavy atom. The van der Waals surface area contributed by atoms with Crippen LogP contribution in [-0.2, 0) is 14.3 Å². The number of hydrogen-bond acceptors (Lipinski definition) is 4. The van der Waals surface area contributed by atoms with Crippen molar-refractivity contribution >= 4 is 11.9 Å². The Bertz CT molecular complexity index is 281. The predicted octanol–water partition coefficient (Wildman–Crippen LogP) is 0.886. The average Bonchev–Trinajstić information content (AvgIpc) is 2.63. The van der Waals surface area contributed by atoms with E-state index >= 15 is 0 Å². The lowest BCUT2D eigenvalue weighted by Crippen LogP contribution is -2.38. The van der Waals surface area contributed by atoms with Crippen LogP contribution in [0.5, 0.6) is 0 Å². The van der Waals surface area contributed by atoms with Crippen molar-refractivity contribution in [3.63, 3.8) is 0 Å². The van der Waals surface area contributed by atoms with E-state index in [1.807, 2.05) is 6.92 Å². The van der Waals surface area contributed by atoms with Crippen LogP contribution in [0.4, 0.5) is 0 Å². The molecule has 2 atom stereocenters. The van der Waals surface area contributed by atoms with Gasteiger partial charge in [0.1, 0.15) is 0 Å². The SMILES string of the molecule is CCCC1NC(CC)C(=O)N1CCC(=O)OC. The van der Waals surface area contributed by atoms with Crippen LogP contribution in [0.15, 0.2) is 0 Å². The van der Waals surface area contributed by atoms with Gasteiger partial charge in [-0.05, 0) is 12.8 Å². The largest absolute Gasteiger partial charge is 0.469 e. The first kappa shape index (κ1) is 14.0. The second kappa shape index (κ2) is 6.59. The van der Waals surface area contributed by atoms with Gasteiger partial charge in [0, 0.05) is 6.54 Å². The minimum Gasteiger partial charge on any atom is -0.469 e. The maximum absolute atomic E-state index is 12.0. The van der Waals surface area contributed by atoms with Crippen molar-refractivity contribution in [3.05, 3.63) is 0 Å². The summed E-state index contributed by atoms with van der Waals surface area (Å²) >= 11 is 0. The molecule has 1 saturated heterocycles. The van der Waals surface area contributed by atoms with Crippen LogP contribution < -0.4 is 5.32 Å². The number of nitrogens with one attached hydrogen (secondary N) is 1.